The molecule has 5 nitrogen and oxygen atoms in total. The van der Waals surface area contributed by atoms with Gasteiger partial charge in [0.05, 0.1) is 23.9 Å². The largest absolute Gasteiger partial charge is 0.497 e. The van der Waals surface area contributed by atoms with E-state index in [1.165, 1.54) is 0 Å². The Balaban J connectivity index is 1.83. The summed E-state index contributed by atoms with van der Waals surface area (Å²) in [5.41, 5.74) is 5.12. The van der Waals surface area contributed by atoms with Gasteiger partial charge < -0.3 is 9.47 Å². The average Bonchev–Trinajstić information content (AvgIpc) is 3.12. The van der Waals surface area contributed by atoms with Gasteiger partial charge in [-0.2, -0.15) is 5.26 Å². The smallest absolute Gasteiger partial charge is 0.340 e. The maximum absolute atomic E-state index is 12.7. The summed E-state index contributed by atoms with van der Waals surface area (Å²) in [5, 5.41) is 9.51. The number of carbonyl (C=O) groups is 1. The van der Waals surface area contributed by atoms with Crippen LogP contribution in [0.25, 0.3) is 22.6 Å². The molecular formula is C23H18N2O3. The van der Waals surface area contributed by atoms with Gasteiger partial charge in [0.1, 0.15) is 11.8 Å². The molecule has 1 aliphatic carbocycles. The van der Waals surface area contributed by atoms with Crippen LogP contribution < -0.4 is 4.74 Å². The Morgan fingerprint density at radius 1 is 1.18 bits per heavy atom. The molecule has 0 atom stereocenters. The normalized spacial score (nSPS) is 13.9. The number of allylic oxidation sites excluding steroid dienone is 1. The third kappa shape index (κ3) is 3.21. The number of rotatable bonds is 4. The zero-order valence-electron chi connectivity index (χ0n) is 15.4. The second kappa shape index (κ2) is 7.53. The van der Waals surface area contributed by atoms with E-state index in [2.05, 4.69) is 6.08 Å². The van der Waals surface area contributed by atoms with Gasteiger partial charge in [0, 0.05) is 5.39 Å². The van der Waals surface area contributed by atoms with E-state index in [0.29, 0.717) is 12.0 Å². The molecule has 0 unspecified atom stereocenters. The van der Waals surface area contributed by atoms with Crippen molar-refractivity contribution in [2.24, 2.45) is 0 Å². The van der Waals surface area contributed by atoms with Gasteiger partial charge in [-0.3, -0.25) is 0 Å². The molecule has 0 bridgehead atoms. The molecule has 28 heavy (non-hydrogen) atoms. The van der Waals surface area contributed by atoms with Crippen molar-refractivity contribution in [3.63, 3.8) is 0 Å². The number of ether oxygens (including phenoxy) is 2. The fourth-order valence-electron chi connectivity index (χ4n) is 3.58. The Morgan fingerprint density at radius 3 is 2.71 bits per heavy atom. The number of esters is 1. The lowest BCUT2D eigenvalue weighted by atomic mass is 10.0. The minimum atomic E-state index is -0.470. The first-order valence-electron chi connectivity index (χ1n) is 9.02. The second-order valence-electron chi connectivity index (χ2n) is 6.51. The van der Waals surface area contributed by atoms with E-state index in [1.54, 1.807) is 7.11 Å². The van der Waals surface area contributed by atoms with Crippen LogP contribution in [0.3, 0.4) is 0 Å². The summed E-state index contributed by atoms with van der Waals surface area (Å²) in [4.78, 5) is 17.5. The van der Waals surface area contributed by atoms with E-state index in [4.69, 9.17) is 19.7 Å². The van der Waals surface area contributed by atoms with Crippen molar-refractivity contribution < 1.29 is 14.3 Å². The van der Waals surface area contributed by atoms with Crippen molar-refractivity contribution in [1.29, 1.82) is 5.26 Å². The lowest BCUT2D eigenvalue weighted by Crippen LogP contribution is -2.10. The van der Waals surface area contributed by atoms with Gasteiger partial charge in [0.2, 0.25) is 0 Å². The lowest BCUT2D eigenvalue weighted by Gasteiger charge is -2.11. The maximum Gasteiger partial charge on any atom is 0.340 e. The second-order valence-corrected chi connectivity index (χ2v) is 6.51. The summed E-state index contributed by atoms with van der Waals surface area (Å²) in [6.07, 6.45) is 3.60. The van der Waals surface area contributed by atoms with Gasteiger partial charge >= 0.3 is 5.97 Å². The topological polar surface area (TPSA) is 72.2 Å². The summed E-state index contributed by atoms with van der Waals surface area (Å²) in [6, 6.07) is 17.2. The van der Waals surface area contributed by atoms with Crippen LogP contribution >= 0.6 is 0 Å². The number of nitrogens with zero attached hydrogens (tertiary/aromatic N) is 2. The van der Waals surface area contributed by atoms with Crippen LogP contribution in [0.5, 0.6) is 5.75 Å². The number of hydrogen-bond acceptors (Lipinski definition) is 5. The summed E-state index contributed by atoms with van der Waals surface area (Å²) in [7, 11) is 1.64. The Bertz CT molecular complexity index is 1130. The Hall–Kier alpha value is -3.65. The molecule has 0 saturated heterocycles. The van der Waals surface area contributed by atoms with Crippen LogP contribution in [0.2, 0.25) is 0 Å². The number of aromatic nitrogens is 1. The minimum absolute atomic E-state index is 0.265. The highest BCUT2D eigenvalue weighted by Crippen LogP contribution is 2.37. The Kier molecular flexibility index (Phi) is 4.77. The van der Waals surface area contributed by atoms with Crippen molar-refractivity contribution in [1.82, 2.24) is 4.98 Å². The average molecular weight is 370 g/mol. The van der Waals surface area contributed by atoms with Gasteiger partial charge in [0.15, 0.2) is 6.61 Å². The van der Waals surface area contributed by atoms with Crippen molar-refractivity contribution in [3.05, 3.63) is 70.9 Å². The quantitative estimate of drug-likeness (QED) is 0.636. The molecule has 0 fully saturated rings. The first-order valence-corrected chi connectivity index (χ1v) is 9.02. The molecule has 138 valence electrons. The van der Waals surface area contributed by atoms with Crippen LogP contribution in [0, 0.1) is 11.3 Å². The van der Waals surface area contributed by atoms with E-state index in [1.807, 2.05) is 54.6 Å². The van der Waals surface area contributed by atoms with Crippen molar-refractivity contribution in [2.75, 3.05) is 13.7 Å². The third-order valence-corrected chi connectivity index (χ3v) is 4.87. The molecule has 0 saturated carbocycles. The number of hydrogen-bond donors (Lipinski definition) is 0. The Labute approximate surface area is 162 Å². The number of carbonyl (C=O) groups excluding carboxylic acids is 1. The Morgan fingerprint density at radius 2 is 1.96 bits per heavy atom. The van der Waals surface area contributed by atoms with Crippen molar-refractivity contribution in [3.8, 4) is 11.8 Å². The fourth-order valence-corrected chi connectivity index (χ4v) is 3.58. The predicted molar refractivity (Wildman–Crippen MR) is 107 cm³/mol. The molecule has 5 heteroatoms. The number of para-hydroxylation sites is 1. The minimum Gasteiger partial charge on any atom is -0.497 e. The summed E-state index contributed by atoms with van der Waals surface area (Å²) >= 11 is 0. The molecule has 0 spiro atoms. The number of methoxy groups -OCH3 is 1. The van der Waals surface area contributed by atoms with Gasteiger partial charge in [-0.05, 0) is 53.8 Å². The molecule has 0 radical (unpaired) electrons. The van der Waals surface area contributed by atoms with E-state index in [-0.39, 0.29) is 6.61 Å². The molecule has 4 rings (SSSR count). The predicted octanol–water partition coefficient (Wildman–Crippen LogP) is 4.41. The molecule has 1 aromatic heterocycles. The van der Waals surface area contributed by atoms with Crippen molar-refractivity contribution in [2.45, 2.75) is 12.8 Å². The van der Waals surface area contributed by atoms with E-state index >= 15 is 0 Å². The third-order valence-electron chi connectivity index (χ3n) is 4.87. The number of fused-ring (bicyclic) bond motifs is 2. The molecule has 1 heterocycles. The van der Waals surface area contributed by atoms with Crippen LogP contribution in [-0.4, -0.2) is 24.7 Å². The van der Waals surface area contributed by atoms with Gasteiger partial charge in [-0.1, -0.05) is 30.3 Å². The fraction of sp³-hybridized carbons (Fsp3) is 0.174. The van der Waals surface area contributed by atoms with Crippen molar-refractivity contribution >= 4 is 28.5 Å². The van der Waals surface area contributed by atoms with Crippen LogP contribution in [0.1, 0.15) is 33.6 Å². The highest BCUT2D eigenvalue weighted by Gasteiger charge is 2.27. The molecule has 0 N–H and O–H groups in total. The van der Waals surface area contributed by atoms with Gasteiger partial charge in [0.25, 0.3) is 0 Å². The van der Waals surface area contributed by atoms with Crippen LogP contribution in [0.15, 0.2) is 48.5 Å². The molecule has 2 aromatic carbocycles. The SMILES string of the molecule is COc1ccc(C=C2CCc3c2nc2ccccc2c3C(=O)OCC#N)cc1. The number of benzene rings is 2. The van der Waals surface area contributed by atoms with E-state index < -0.39 is 5.97 Å². The van der Waals surface area contributed by atoms with Crippen LogP contribution in [-0.2, 0) is 11.2 Å². The molecule has 0 aliphatic heterocycles. The standard InChI is InChI=1S/C23H18N2O3/c1-27-17-9-6-15(7-10-17)14-16-8-11-19-21(23(26)28-13-12-24)18-4-2-3-5-20(18)25-22(16)19/h2-7,9-10,14H,8,11,13H2,1H3. The first-order chi connectivity index (χ1) is 13.7. The molecule has 3 aromatic rings. The zero-order valence-corrected chi connectivity index (χ0v) is 15.4. The molecular weight excluding hydrogens is 352 g/mol. The summed E-state index contributed by atoms with van der Waals surface area (Å²) in [6.45, 7) is -0.265. The van der Waals surface area contributed by atoms with Crippen LogP contribution in [0.4, 0.5) is 0 Å². The first kappa shape index (κ1) is 17.7. The zero-order chi connectivity index (χ0) is 19.5. The number of pyridine rings is 1. The maximum atomic E-state index is 12.7. The summed E-state index contributed by atoms with van der Waals surface area (Å²) in [5.74, 6) is 0.336. The molecule has 0 amide bonds. The number of nitriles is 1. The van der Waals surface area contributed by atoms with E-state index in [9.17, 15) is 4.79 Å². The van der Waals surface area contributed by atoms with Gasteiger partial charge in [-0.25, -0.2) is 9.78 Å². The van der Waals surface area contributed by atoms with E-state index in [0.717, 1.165) is 45.5 Å². The summed E-state index contributed by atoms with van der Waals surface area (Å²) < 4.78 is 10.3. The monoisotopic (exact) mass is 370 g/mol. The lowest BCUT2D eigenvalue weighted by molar-refractivity contribution is 0.0556. The highest BCUT2D eigenvalue weighted by molar-refractivity contribution is 6.07. The van der Waals surface area contributed by atoms with Gasteiger partial charge in [-0.15, -0.1) is 0 Å². The molecule has 1 aliphatic rings. The highest BCUT2D eigenvalue weighted by atomic mass is 16.5.